The van der Waals surface area contributed by atoms with Crippen molar-refractivity contribution in [3.63, 3.8) is 0 Å². The molecule has 0 aromatic carbocycles. The summed E-state index contributed by atoms with van der Waals surface area (Å²) in [6, 6.07) is 5.46. The van der Waals surface area contributed by atoms with E-state index in [1.807, 2.05) is 12.1 Å². The molecule has 0 radical (unpaired) electrons. The number of aromatic nitrogens is 1. The Morgan fingerprint density at radius 3 is 2.52 bits per heavy atom. The highest BCUT2D eigenvalue weighted by atomic mass is 32.1. The zero-order valence-electron chi connectivity index (χ0n) is 11.8. The summed E-state index contributed by atoms with van der Waals surface area (Å²) in [4.78, 5) is 27.5. The predicted octanol–water partition coefficient (Wildman–Crippen LogP) is 3.01. The summed E-state index contributed by atoms with van der Waals surface area (Å²) in [5.41, 5.74) is 1.46. The van der Waals surface area contributed by atoms with E-state index in [9.17, 15) is 9.59 Å². The maximum atomic E-state index is 11.2. The Morgan fingerprint density at radius 2 is 2.00 bits per heavy atom. The molecule has 1 N–H and O–H groups in total. The smallest absolute Gasteiger partial charge is 0.247 e. The van der Waals surface area contributed by atoms with Gasteiger partial charge in [0.15, 0.2) is 6.29 Å². The van der Waals surface area contributed by atoms with Gasteiger partial charge in [-0.25, -0.2) is 0 Å². The quantitative estimate of drug-likeness (QED) is 0.696. The van der Waals surface area contributed by atoms with E-state index in [1.165, 1.54) is 17.4 Å². The first-order valence-corrected chi connectivity index (χ1v) is 6.80. The van der Waals surface area contributed by atoms with Crippen LogP contribution in [0.5, 0.6) is 0 Å². The number of ether oxygens (including phenoxy) is 1. The maximum absolute atomic E-state index is 11.2. The number of thiophene rings is 1. The Balaban J connectivity index is 0.000000677. The van der Waals surface area contributed by atoms with Gasteiger partial charge in [-0.1, -0.05) is 6.58 Å². The van der Waals surface area contributed by atoms with E-state index in [0.29, 0.717) is 10.6 Å². The molecule has 110 valence electrons. The van der Waals surface area contributed by atoms with Crippen LogP contribution in [-0.2, 0) is 9.53 Å². The molecule has 2 aromatic rings. The van der Waals surface area contributed by atoms with E-state index in [-0.39, 0.29) is 5.91 Å². The summed E-state index contributed by atoms with van der Waals surface area (Å²) in [7, 11) is 3.25. The van der Waals surface area contributed by atoms with Crippen LogP contribution in [0.1, 0.15) is 9.67 Å². The third kappa shape index (κ3) is 4.94. The van der Waals surface area contributed by atoms with E-state index in [2.05, 4.69) is 21.6 Å². The fourth-order valence-electron chi connectivity index (χ4n) is 1.43. The highest BCUT2D eigenvalue weighted by Gasteiger charge is 2.11. The van der Waals surface area contributed by atoms with Crippen LogP contribution in [0, 0.1) is 0 Å². The number of aldehydes is 1. The molecular formula is C15H16N2O3S. The predicted molar refractivity (Wildman–Crippen MR) is 84.7 cm³/mol. The van der Waals surface area contributed by atoms with Gasteiger partial charge < -0.3 is 10.1 Å². The van der Waals surface area contributed by atoms with Crippen LogP contribution >= 0.6 is 11.3 Å². The molecule has 0 aliphatic rings. The van der Waals surface area contributed by atoms with Gasteiger partial charge in [-0.3, -0.25) is 14.6 Å². The molecule has 6 heteroatoms. The van der Waals surface area contributed by atoms with Crippen molar-refractivity contribution in [2.75, 3.05) is 19.5 Å². The molecular weight excluding hydrogens is 288 g/mol. The lowest BCUT2D eigenvalue weighted by molar-refractivity contribution is -0.111. The Bertz CT molecular complexity index is 609. The number of nitrogens with one attached hydrogen (secondary N) is 1. The van der Waals surface area contributed by atoms with Crippen LogP contribution < -0.4 is 5.32 Å². The number of anilines is 1. The van der Waals surface area contributed by atoms with Crippen LogP contribution in [0.4, 0.5) is 5.69 Å². The van der Waals surface area contributed by atoms with E-state index in [0.717, 1.165) is 16.7 Å². The Morgan fingerprint density at radius 1 is 1.38 bits per heavy atom. The zero-order valence-corrected chi connectivity index (χ0v) is 12.6. The maximum Gasteiger partial charge on any atom is 0.247 e. The zero-order chi connectivity index (χ0) is 15.7. The number of pyridine rings is 1. The van der Waals surface area contributed by atoms with Gasteiger partial charge in [0, 0.05) is 31.5 Å². The first kappa shape index (κ1) is 16.7. The number of hydrogen-bond donors (Lipinski definition) is 1. The van der Waals surface area contributed by atoms with E-state index >= 15 is 0 Å². The van der Waals surface area contributed by atoms with Crippen molar-refractivity contribution < 1.29 is 14.3 Å². The molecule has 2 aromatic heterocycles. The second-order valence-electron chi connectivity index (χ2n) is 3.84. The summed E-state index contributed by atoms with van der Waals surface area (Å²) < 4.78 is 4.25. The molecule has 0 saturated heterocycles. The first-order valence-electron chi connectivity index (χ1n) is 5.99. The minimum Gasteiger partial charge on any atom is -0.388 e. The van der Waals surface area contributed by atoms with Crippen molar-refractivity contribution in [1.29, 1.82) is 0 Å². The molecule has 0 fully saturated rings. The fraction of sp³-hybridized carbons (Fsp3) is 0.133. The topological polar surface area (TPSA) is 68.3 Å². The molecule has 0 saturated carbocycles. The molecule has 5 nitrogen and oxygen atoms in total. The number of amides is 1. The van der Waals surface area contributed by atoms with Crippen LogP contribution in [0.2, 0.25) is 0 Å². The molecule has 0 atom stereocenters. The first-order chi connectivity index (χ1) is 10.2. The summed E-state index contributed by atoms with van der Waals surface area (Å²) in [5, 5.41) is 2.61. The van der Waals surface area contributed by atoms with Gasteiger partial charge in [0.2, 0.25) is 5.91 Å². The Labute approximate surface area is 127 Å². The van der Waals surface area contributed by atoms with Crippen LogP contribution in [0.15, 0.2) is 43.2 Å². The van der Waals surface area contributed by atoms with Gasteiger partial charge in [-0.2, -0.15) is 0 Å². The molecule has 0 unspecified atom stereocenters. The lowest BCUT2D eigenvalue weighted by Crippen LogP contribution is -2.07. The molecule has 0 bridgehead atoms. The lowest BCUT2D eigenvalue weighted by atomic mass is 10.2. The summed E-state index contributed by atoms with van der Waals surface area (Å²) >= 11 is 1.32. The van der Waals surface area contributed by atoms with Crippen molar-refractivity contribution in [3.8, 4) is 10.4 Å². The second kappa shape index (κ2) is 8.78. The second-order valence-corrected chi connectivity index (χ2v) is 4.93. The number of carbonyl (C=O) groups is 2. The molecule has 2 rings (SSSR count). The number of rotatable bonds is 4. The average Bonchev–Trinajstić information content (AvgIpc) is 2.91. The number of methoxy groups -OCH3 is 1. The SMILES string of the molecule is C=CC(=O)Nc1cc(-c2ccncc2)sc1C=O.COC. The molecule has 2 heterocycles. The van der Waals surface area contributed by atoms with Crippen molar-refractivity contribution in [3.05, 3.63) is 48.1 Å². The third-order valence-electron chi connectivity index (χ3n) is 2.28. The van der Waals surface area contributed by atoms with Crippen molar-refractivity contribution in [2.45, 2.75) is 0 Å². The third-order valence-corrected chi connectivity index (χ3v) is 3.39. The van der Waals surface area contributed by atoms with Crippen molar-refractivity contribution >= 4 is 29.2 Å². The molecule has 0 aliphatic heterocycles. The van der Waals surface area contributed by atoms with Gasteiger partial charge >= 0.3 is 0 Å². The average molecular weight is 304 g/mol. The van der Waals surface area contributed by atoms with Crippen LogP contribution in [0.3, 0.4) is 0 Å². The minimum absolute atomic E-state index is 0.336. The van der Waals surface area contributed by atoms with Crippen molar-refractivity contribution in [1.82, 2.24) is 4.98 Å². The normalized spacial score (nSPS) is 9.24. The van der Waals surface area contributed by atoms with Crippen molar-refractivity contribution in [2.24, 2.45) is 0 Å². The molecule has 0 aliphatic carbocycles. The van der Waals surface area contributed by atoms with E-state index < -0.39 is 0 Å². The summed E-state index contributed by atoms with van der Waals surface area (Å²) in [6.07, 6.45) is 5.25. The number of carbonyl (C=O) groups excluding carboxylic acids is 2. The monoisotopic (exact) mass is 304 g/mol. The summed E-state index contributed by atoms with van der Waals surface area (Å²) in [6.45, 7) is 3.37. The highest BCUT2D eigenvalue weighted by Crippen LogP contribution is 2.33. The highest BCUT2D eigenvalue weighted by molar-refractivity contribution is 7.17. The number of hydrogen-bond acceptors (Lipinski definition) is 5. The Hall–Kier alpha value is -2.31. The van der Waals surface area contributed by atoms with Gasteiger partial charge in [-0.15, -0.1) is 11.3 Å². The molecule has 21 heavy (non-hydrogen) atoms. The van der Waals surface area contributed by atoms with Crippen LogP contribution in [-0.4, -0.2) is 31.4 Å². The fourth-order valence-corrected chi connectivity index (χ4v) is 2.37. The largest absolute Gasteiger partial charge is 0.388 e. The van der Waals surface area contributed by atoms with Gasteiger partial charge in [0.25, 0.3) is 0 Å². The van der Waals surface area contributed by atoms with E-state index in [1.54, 1.807) is 32.7 Å². The lowest BCUT2D eigenvalue weighted by Gasteiger charge is -1.98. The molecule has 0 spiro atoms. The molecule has 1 amide bonds. The van der Waals surface area contributed by atoms with Crippen LogP contribution in [0.25, 0.3) is 10.4 Å². The van der Waals surface area contributed by atoms with E-state index in [4.69, 9.17) is 0 Å². The van der Waals surface area contributed by atoms with Gasteiger partial charge in [-0.05, 0) is 29.8 Å². The Kier molecular flexibility index (Phi) is 7.00. The van der Waals surface area contributed by atoms with Gasteiger partial charge in [0.05, 0.1) is 10.6 Å². The standard InChI is InChI=1S/C13H10N2O2S.C2H6O/c1-2-13(17)15-10-7-11(18-12(10)8-16)9-3-5-14-6-4-9;1-3-2/h2-8H,1H2,(H,15,17);1-2H3. The minimum atomic E-state index is -0.336. The summed E-state index contributed by atoms with van der Waals surface area (Å²) in [5.74, 6) is -0.336. The number of nitrogens with zero attached hydrogens (tertiary/aromatic N) is 1. The van der Waals surface area contributed by atoms with Gasteiger partial charge in [0.1, 0.15) is 0 Å².